The summed E-state index contributed by atoms with van der Waals surface area (Å²) in [4.78, 5) is 17.0. The van der Waals surface area contributed by atoms with Crippen LogP contribution in [0, 0.1) is 5.41 Å². The minimum absolute atomic E-state index is 0.400. The largest absolute Gasteiger partial charge is 0.383 e. The highest BCUT2D eigenvalue weighted by molar-refractivity contribution is 5.84. The summed E-state index contributed by atoms with van der Waals surface area (Å²) < 4.78 is 2.11. The molecule has 2 aliphatic rings. The fourth-order valence-corrected chi connectivity index (χ4v) is 6.59. The van der Waals surface area contributed by atoms with E-state index in [0.29, 0.717) is 17.3 Å². The molecule has 1 aliphatic carbocycles. The number of nitrogens with zero attached hydrogens (tertiary/aromatic N) is 5. The van der Waals surface area contributed by atoms with E-state index in [0.717, 1.165) is 46.0 Å². The Morgan fingerprint density at radius 2 is 1.62 bits per heavy atom. The van der Waals surface area contributed by atoms with Gasteiger partial charge in [0.25, 0.3) is 0 Å². The van der Waals surface area contributed by atoms with Gasteiger partial charge in [0.05, 0.1) is 11.3 Å². The molecule has 7 nitrogen and oxygen atoms in total. The van der Waals surface area contributed by atoms with E-state index in [1.54, 1.807) is 6.20 Å². The molecule has 3 aromatic heterocycles. The van der Waals surface area contributed by atoms with Gasteiger partial charge in [0.1, 0.15) is 11.3 Å². The first-order chi connectivity index (χ1) is 20.6. The molecule has 1 aliphatic heterocycles. The van der Waals surface area contributed by atoms with Gasteiger partial charge in [-0.2, -0.15) is 0 Å². The fraction of sp³-hybridized carbons (Fsp3) is 0.343. The summed E-state index contributed by atoms with van der Waals surface area (Å²) in [7, 11) is 0. The summed E-state index contributed by atoms with van der Waals surface area (Å²) in [5, 5.41) is 0. The van der Waals surface area contributed by atoms with E-state index in [-0.39, 0.29) is 0 Å². The first kappa shape index (κ1) is 28.1. The van der Waals surface area contributed by atoms with Gasteiger partial charge >= 0.3 is 0 Å². The van der Waals surface area contributed by atoms with Gasteiger partial charge in [-0.1, -0.05) is 56.3 Å². The molecule has 7 rings (SSSR count). The fourth-order valence-electron chi connectivity index (χ4n) is 6.59. The molecular weight excluding hydrogens is 518 g/mol. The Labute approximate surface area is 248 Å². The second kappa shape index (κ2) is 12.0. The molecule has 4 N–H and O–H groups in total. The first-order valence-electron chi connectivity index (χ1n) is 15.3. The van der Waals surface area contributed by atoms with Gasteiger partial charge in [-0.15, -0.1) is 0 Å². The Kier molecular flexibility index (Phi) is 8.05. The van der Waals surface area contributed by atoms with Crippen molar-refractivity contribution in [3.05, 3.63) is 90.6 Å². The van der Waals surface area contributed by atoms with Crippen LogP contribution in [0.4, 0.5) is 5.82 Å². The van der Waals surface area contributed by atoms with Crippen LogP contribution in [-0.4, -0.2) is 43.6 Å². The Balaban J connectivity index is 0.00000155. The number of benzene rings is 2. The van der Waals surface area contributed by atoms with Crippen LogP contribution < -0.4 is 11.5 Å². The molecule has 5 aromatic rings. The lowest BCUT2D eigenvalue weighted by Crippen LogP contribution is -2.36. The Morgan fingerprint density at radius 1 is 0.857 bits per heavy atom. The molecule has 0 radical (unpaired) electrons. The maximum Gasteiger partial charge on any atom is 0.165 e. The number of fused-ring (bicyclic) bond motifs is 1. The monoisotopic (exact) mass is 559 g/mol. The van der Waals surface area contributed by atoms with Crippen molar-refractivity contribution in [2.75, 3.05) is 18.8 Å². The highest BCUT2D eigenvalue weighted by atomic mass is 15.2. The topological polar surface area (TPSA) is 98.9 Å². The van der Waals surface area contributed by atoms with E-state index < -0.39 is 0 Å². The van der Waals surface area contributed by atoms with E-state index in [1.807, 2.05) is 56.3 Å². The summed E-state index contributed by atoms with van der Waals surface area (Å²) in [5.41, 5.74) is 19.7. The van der Waals surface area contributed by atoms with Gasteiger partial charge < -0.3 is 11.5 Å². The number of hydrogen-bond acceptors (Lipinski definition) is 6. The van der Waals surface area contributed by atoms with Crippen molar-refractivity contribution in [3.8, 4) is 28.3 Å². The van der Waals surface area contributed by atoms with Gasteiger partial charge in [-0.05, 0) is 86.0 Å². The number of pyridine rings is 2. The van der Waals surface area contributed by atoms with Crippen molar-refractivity contribution < 1.29 is 0 Å². The van der Waals surface area contributed by atoms with E-state index >= 15 is 0 Å². The SMILES string of the molecule is CC.Nc1ncccc1-c1nc2ccc(-c3ccccc3)nc2n1-c1ccc(CN2CCC3(CCC(N)CC3)C2)cc1. The van der Waals surface area contributed by atoms with Crippen molar-refractivity contribution in [3.63, 3.8) is 0 Å². The third-order valence-corrected chi connectivity index (χ3v) is 8.86. The molecule has 1 saturated carbocycles. The smallest absolute Gasteiger partial charge is 0.165 e. The molecule has 2 fully saturated rings. The molecule has 0 bridgehead atoms. The second-order valence-corrected chi connectivity index (χ2v) is 11.6. The van der Waals surface area contributed by atoms with Crippen LogP contribution in [0.25, 0.3) is 39.5 Å². The van der Waals surface area contributed by atoms with Gasteiger partial charge in [-0.3, -0.25) is 9.47 Å². The molecule has 216 valence electrons. The van der Waals surface area contributed by atoms with Crippen LogP contribution in [0.2, 0.25) is 0 Å². The lowest BCUT2D eigenvalue weighted by molar-refractivity contribution is 0.172. The van der Waals surface area contributed by atoms with Crippen molar-refractivity contribution >= 4 is 17.0 Å². The number of nitrogens with two attached hydrogens (primary N) is 2. The Bertz CT molecular complexity index is 1630. The quantitative estimate of drug-likeness (QED) is 0.244. The number of aromatic nitrogens is 4. The molecular formula is C35H41N7. The molecule has 1 saturated heterocycles. The summed E-state index contributed by atoms with van der Waals surface area (Å²) in [6.45, 7) is 7.32. The van der Waals surface area contributed by atoms with E-state index in [4.69, 9.17) is 21.4 Å². The number of imidazole rings is 1. The van der Waals surface area contributed by atoms with Crippen molar-refractivity contribution in [1.82, 2.24) is 24.4 Å². The predicted octanol–water partition coefficient (Wildman–Crippen LogP) is 6.85. The summed E-state index contributed by atoms with van der Waals surface area (Å²) >= 11 is 0. The number of nitrogen functional groups attached to an aromatic ring is 1. The minimum atomic E-state index is 0.400. The Hall–Kier alpha value is -4.07. The normalized spacial score (nSPS) is 20.5. The van der Waals surface area contributed by atoms with Crippen LogP contribution in [0.15, 0.2) is 85.1 Å². The molecule has 4 heterocycles. The first-order valence-corrected chi connectivity index (χ1v) is 15.3. The average molecular weight is 560 g/mol. The number of hydrogen-bond donors (Lipinski definition) is 2. The van der Waals surface area contributed by atoms with Crippen LogP contribution >= 0.6 is 0 Å². The van der Waals surface area contributed by atoms with E-state index in [9.17, 15) is 0 Å². The predicted molar refractivity (Wildman–Crippen MR) is 172 cm³/mol. The zero-order chi connectivity index (χ0) is 29.1. The molecule has 42 heavy (non-hydrogen) atoms. The maximum absolute atomic E-state index is 6.33. The zero-order valence-electron chi connectivity index (χ0n) is 24.7. The highest BCUT2D eigenvalue weighted by Gasteiger charge is 2.40. The van der Waals surface area contributed by atoms with Crippen LogP contribution in [-0.2, 0) is 6.54 Å². The van der Waals surface area contributed by atoms with Gasteiger partial charge in [0.15, 0.2) is 11.5 Å². The third-order valence-electron chi connectivity index (χ3n) is 8.86. The van der Waals surface area contributed by atoms with E-state index in [2.05, 4.69) is 50.8 Å². The summed E-state index contributed by atoms with van der Waals surface area (Å²) in [6, 6.07) is 27.4. The van der Waals surface area contributed by atoms with Gasteiger partial charge in [0, 0.05) is 36.6 Å². The minimum Gasteiger partial charge on any atom is -0.383 e. The number of likely N-dealkylation sites (tertiary alicyclic amines) is 1. The number of anilines is 1. The van der Waals surface area contributed by atoms with Crippen molar-refractivity contribution in [2.45, 2.75) is 58.5 Å². The molecule has 0 unspecified atom stereocenters. The van der Waals surface area contributed by atoms with Crippen molar-refractivity contribution in [1.29, 1.82) is 0 Å². The number of rotatable bonds is 5. The van der Waals surface area contributed by atoms with E-state index in [1.165, 1.54) is 50.8 Å². The molecule has 2 aromatic carbocycles. The van der Waals surface area contributed by atoms with Crippen LogP contribution in [0.1, 0.15) is 51.5 Å². The average Bonchev–Trinajstić information content (AvgIpc) is 3.61. The summed E-state index contributed by atoms with van der Waals surface area (Å²) in [6.07, 6.45) is 7.89. The van der Waals surface area contributed by atoms with Crippen molar-refractivity contribution in [2.24, 2.45) is 11.1 Å². The standard InChI is InChI=1S/C33H35N7.C2H6/c34-25-14-16-33(17-15-25)18-20-39(22-33)21-23-8-10-26(11-9-23)40-31(27-7-4-19-36-30(27)35)38-29-13-12-28(37-32(29)40)24-5-2-1-3-6-24;1-2/h1-13,19,25H,14-18,20-22,34H2,(H2,35,36);1-2H3. The summed E-state index contributed by atoms with van der Waals surface area (Å²) in [5.74, 6) is 1.19. The third kappa shape index (κ3) is 5.54. The molecule has 0 atom stereocenters. The lowest BCUT2D eigenvalue weighted by Gasteiger charge is -2.36. The van der Waals surface area contributed by atoms with Gasteiger partial charge in [0.2, 0.25) is 0 Å². The Morgan fingerprint density at radius 3 is 2.36 bits per heavy atom. The highest BCUT2D eigenvalue weighted by Crippen LogP contribution is 2.43. The maximum atomic E-state index is 6.33. The second-order valence-electron chi connectivity index (χ2n) is 11.6. The van der Waals surface area contributed by atoms with Gasteiger partial charge in [-0.25, -0.2) is 15.0 Å². The van der Waals surface area contributed by atoms with Crippen LogP contribution in [0.5, 0.6) is 0 Å². The molecule has 0 amide bonds. The lowest BCUT2D eigenvalue weighted by atomic mass is 9.72. The molecule has 7 heteroatoms. The zero-order valence-corrected chi connectivity index (χ0v) is 24.7. The van der Waals surface area contributed by atoms with Crippen LogP contribution in [0.3, 0.4) is 0 Å². The molecule has 1 spiro atoms.